The van der Waals surface area contributed by atoms with Crippen LogP contribution in [0.25, 0.3) is 22.0 Å². The van der Waals surface area contributed by atoms with Crippen molar-refractivity contribution in [3.63, 3.8) is 0 Å². The molecule has 31 heavy (non-hydrogen) atoms. The molecule has 1 aliphatic heterocycles. The lowest BCUT2D eigenvalue weighted by Crippen LogP contribution is -2.06. The molecule has 1 aliphatic rings. The van der Waals surface area contributed by atoms with E-state index in [-0.39, 0.29) is 13.4 Å². The van der Waals surface area contributed by atoms with E-state index >= 15 is 0 Å². The second-order valence-electron chi connectivity index (χ2n) is 7.27. The summed E-state index contributed by atoms with van der Waals surface area (Å²) in [4.78, 5) is 16.0. The van der Waals surface area contributed by atoms with Crippen molar-refractivity contribution in [3.8, 4) is 34.1 Å². The van der Waals surface area contributed by atoms with Crippen LogP contribution in [0.5, 0.6) is 23.0 Å². The molecule has 0 spiro atoms. The Bertz CT molecular complexity index is 1090. The lowest BCUT2D eigenvalue weighted by atomic mass is 10.0. The fourth-order valence-corrected chi connectivity index (χ4v) is 3.72. The number of carbonyl (C=O) groups is 1. The van der Waals surface area contributed by atoms with Crippen molar-refractivity contribution in [3.05, 3.63) is 36.0 Å². The van der Waals surface area contributed by atoms with Crippen LogP contribution in [0.2, 0.25) is 0 Å². The zero-order chi connectivity index (χ0) is 21.8. The highest BCUT2D eigenvalue weighted by atomic mass is 16.7. The maximum Gasteiger partial charge on any atom is 0.355 e. The van der Waals surface area contributed by atoms with Gasteiger partial charge in [-0.05, 0) is 37.1 Å². The van der Waals surface area contributed by atoms with E-state index < -0.39 is 5.97 Å². The van der Waals surface area contributed by atoms with Gasteiger partial charge in [0, 0.05) is 17.0 Å². The van der Waals surface area contributed by atoms with Gasteiger partial charge in [-0.25, -0.2) is 4.79 Å². The lowest BCUT2D eigenvalue weighted by Gasteiger charge is -2.11. The normalized spacial score (nSPS) is 12.2. The van der Waals surface area contributed by atoms with Gasteiger partial charge in [-0.2, -0.15) is 0 Å². The molecule has 0 aliphatic carbocycles. The second kappa shape index (κ2) is 9.20. The summed E-state index contributed by atoms with van der Waals surface area (Å²) in [5, 5.41) is 0.833. The predicted octanol–water partition coefficient (Wildman–Crippen LogP) is 5.32. The number of esters is 1. The summed E-state index contributed by atoms with van der Waals surface area (Å²) >= 11 is 0. The summed E-state index contributed by atoms with van der Waals surface area (Å²) in [5.74, 6) is 2.15. The summed E-state index contributed by atoms with van der Waals surface area (Å²) in [6, 6.07) is 9.38. The van der Waals surface area contributed by atoms with Gasteiger partial charge < -0.3 is 28.7 Å². The summed E-state index contributed by atoms with van der Waals surface area (Å²) in [5.41, 5.74) is 2.68. The van der Waals surface area contributed by atoms with Crippen LogP contribution in [-0.2, 0) is 4.74 Å². The minimum Gasteiger partial charge on any atom is -0.493 e. The van der Waals surface area contributed by atoms with E-state index in [4.69, 9.17) is 23.7 Å². The Morgan fingerprint density at radius 1 is 1.06 bits per heavy atom. The van der Waals surface area contributed by atoms with E-state index in [0.717, 1.165) is 41.3 Å². The first-order valence-electron chi connectivity index (χ1n) is 10.6. The average molecular weight is 425 g/mol. The molecule has 3 aromatic rings. The van der Waals surface area contributed by atoms with Crippen LogP contribution in [0.4, 0.5) is 0 Å². The summed E-state index contributed by atoms with van der Waals surface area (Å²) in [6.07, 6.45) is 3.20. The Morgan fingerprint density at radius 3 is 2.68 bits per heavy atom. The predicted molar refractivity (Wildman–Crippen MR) is 117 cm³/mol. The van der Waals surface area contributed by atoms with Crippen molar-refractivity contribution in [2.24, 2.45) is 0 Å². The highest BCUT2D eigenvalue weighted by Gasteiger charge is 2.24. The number of hydrogen-bond acceptors (Lipinski definition) is 6. The molecule has 164 valence electrons. The Morgan fingerprint density at radius 2 is 1.90 bits per heavy atom. The van der Waals surface area contributed by atoms with Gasteiger partial charge in [-0.3, -0.25) is 0 Å². The number of aromatic amines is 1. The number of methoxy groups -OCH3 is 1. The van der Waals surface area contributed by atoms with Crippen molar-refractivity contribution in [2.75, 3.05) is 27.1 Å². The van der Waals surface area contributed by atoms with E-state index in [9.17, 15) is 4.79 Å². The fourth-order valence-electron chi connectivity index (χ4n) is 3.72. The largest absolute Gasteiger partial charge is 0.493 e. The number of ether oxygens (including phenoxy) is 5. The number of hydrogen-bond donors (Lipinski definition) is 1. The smallest absolute Gasteiger partial charge is 0.355 e. The Hall–Kier alpha value is -3.35. The minimum absolute atomic E-state index is 0.184. The van der Waals surface area contributed by atoms with Gasteiger partial charge in [-0.15, -0.1) is 0 Å². The van der Waals surface area contributed by atoms with E-state index in [1.54, 1.807) is 14.0 Å². The monoisotopic (exact) mass is 425 g/mol. The van der Waals surface area contributed by atoms with Gasteiger partial charge in [0.15, 0.2) is 23.0 Å². The van der Waals surface area contributed by atoms with Crippen LogP contribution >= 0.6 is 0 Å². The van der Waals surface area contributed by atoms with Gasteiger partial charge in [0.2, 0.25) is 6.79 Å². The van der Waals surface area contributed by atoms with Crippen LogP contribution in [0.1, 0.15) is 43.6 Å². The molecule has 0 saturated carbocycles. The van der Waals surface area contributed by atoms with Crippen LogP contribution in [0, 0.1) is 0 Å². The average Bonchev–Trinajstić information content (AvgIpc) is 3.39. The molecular formula is C24H27NO6. The number of rotatable bonds is 9. The number of fused-ring (bicyclic) bond motifs is 2. The molecule has 1 aromatic heterocycles. The van der Waals surface area contributed by atoms with Gasteiger partial charge in [0.1, 0.15) is 5.69 Å². The maximum absolute atomic E-state index is 12.8. The molecule has 0 unspecified atom stereocenters. The Balaban J connectivity index is 1.82. The molecule has 0 saturated heterocycles. The zero-order valence-corrected chi connectivity index (χ0v) is 18.1. The van der Waals surface area contributed by atoms with Gasteiger partial charge in [-0.1, -0.05) is 25.8 Å². The van der Waals surface area contributed by atoms with Crippen LogP contribution in [0.15, 0.2) is 30.3 Å². The van der Waals surface area contributed by atoms with Crippen molar-refractivity contribution >= 4 is 16.9 Å². The third-order valence-corrected chi connectivity index (χ3v) is 5.23. The molecule has 1 N–H and O–H groups in total. The Labute approximate surface area is 181 Å². The maximum atomic E-state index is 12.8. The first kappa shape index (κ1) is 20.9. The molecule has 7 nitrogen and oxygen atoms in total. The number of unbranched alkanes of at least 4 members (excludes halogenated alkanes) is 2. The first-order chi connectivity index (χ1) is 15.2. The van der Waals surface area contributed by atoms with E-state index in [2.05, 4.69) is 11.9 Å². The number of aromatic nitrogens is 1. The minimum atomic E-state index is -0.421. The molecule has 0 amide bonds. The van der Waals surface area contributed by atoms with Gasteiger partial charge in [0.25, 0.3) is 0 Å². The van der Waals surface area contributed by atoms with Crippen LogP contribution < -0.4 is 18.9 Å². The van der Waals surface area contributed by atoms with Gasteiger partial charge >= 0.3 is 5.97 Å². The molecule has 2 aromatic carbocycles. The first-order valence-corrected chi connectivity index (χ1v) is 10.6. The molecule has 0 radical (unpaired) electrons. The second-order valence-corrected chi connectivity index (χ2v) is 7.27. The van der Waals surface area contributed by atoms with Crippen LogP contribution in [-0.4, -0.2) is 38.1 Å². The van der Waals surface area contributed by atoms with Gasteiger partial charge in [0.05, 0.1) is 25.8 Å². The molecule has 4 rings (SSSR count). The third kappa shape index (κ3) is 4.13. The molecule has 0 fully saturated rings. The molecule has 7 heteroatoms. The number of benzene rings is 2. The topological polar surface area (TPSA) is 79.0 Å². The molecular weight excluding hydrogens is 398 g/mol. The molecule has 0 atom stereocenters. The standard InChI is InChI=1S/C24H27NO6/c1-4-6-7-10-29-21-13-17-16(12-19(21)27-3)22(23(25-17)24(26)28-5-2)15-8-9-18-20(11-15)31-14-30-18/h8-9,11-13,25H,4-7,10,14H2,1-3H3. The summed E-state index contributed by atoms with van der Waals surface area (Å²) in [6.45, 7) is 5.01. The number of nitrogens with one attached hydrogen (secondary N) is 1. The van der Waals surface area contributed by atoms with Crippen LogP contribution in [0.3, 0.4) is 0 Å². The highest BCUT2D eigenvalue weighted by Crippen LogP contribution is 2.42. The third-order valence-electron chi connectivity index (χ3n) is 5.23. The molecule has 0 bridgehead atoms. The van der Waals surface area contributed by atoms with Crippen molar-refractivity contribution < 1.29 is 28.5 Å². The van der Waals surface area contributed by atoms with E-state index in [1.165, 1.54) is 0 Å². The fraction of sp³-hybridized carbons (Fsp3) is 0.375. The SMILES string of the molecule is CCCCCOc1cc2[nH]c(C(=O)OCC)c(-c3ccc4c(c3)OCO4)c2cc1OC. The van der Waals surface area contributed by atoms with E-state index in [0.29, 0.717) is 35.3 Å². The Kier molecular flexibility index (Phi) is 6.21. The summed E-state index contributed by atoms with van der Waals surface area (Å²) < 4.78 is 27.8. The van der Waals surface area contributed by atoms with Crippen molar-refractivity contribution in [1.82, 2.24) is 4.98 Å². The highest BCUT2D eigenvalue weighted by molar-refractivity contribution is 6.09. The van der Waals surface area contributed by atoms with Crippen molar-refractivity contribution in [1.29, 1.82) is 0 Å². The quantitative estimate of drug-likeness (QED) is 0.369. The zero-order valence-electron chi connectivity index (χ0n) is 18.1. The van der Waals surface area contributed by atoms with E-state index in [1.807, 2.05) is 30.3 Å². The number of H-pyrrole nitrogens is 1. The van der Waals surface area contributed by atoms with Crippen molar-refractivity contribution in [2.45, 2.75) is 33.1 Å². The number of carbonyl (C=O) groups excluding carboxylic acids is 1. The summed E-state index contributed by atoms with van der Waals surface area (Å²) in [7, 11) is 1.61. The molecule has 2 heterocycles. The lowest BCUT2D eigenvalue weighted by molar-refractivity contribution is 0.0521.